The van der Waals surface area contributed by atoms with E-state index < -0.39 is 6.10 Å². The smallest absolute Gasteiger partial charge is 0.263 e. The number of thiophene rings is 1. The van der Waals surface area contributed by atoms with Gasteiger partial charge in [-0.1, -0.05) is 17.7 Å². The van der Waals surface area contributed by atoms with Crippen molar-refractivity contribution >= 4 is 28.8 Å². The molecule has 22 heavy (non-hydrogen) atoms. The van der Waals surface area contributed by atoms with Crippen LogP contribution in [0.2, 0.25) is 5.02 Å². The lowest BCUT2D eigenvalue weighted by Crippen LogP contribution is -2.41. The van der Waals surface area contributed by atoms with Gasteiger partial charge < -0.3 is 9.64 Å². The summed E-state index contributed by atoms with van der Waals surface area (Å²) in [6, 6.07) is 9.57. The Kier molecular flexibility index (Phi) is 4.69. The van der Waals surface area contributed by atoms with Crippen LogP contribution in [0.4, 0.5) is 0 Å². The normalized spacial score (nSPS) is 15.4. The summed E-state index contributed by atoms with van der Waals surface area (Å²) in [6.45, 7) is 2.46. The third-order valence-corrected chi connectivity index (χ3v) is 4.63. The number of carbonyl (C=O) groups excluding carboxylic acids is 1. The molecule has 0 spiro atoms. The molecule has 1 fully saturated rings. The van der Waals surface area contributed by atoms with Gasteiger partial charge in [-0.05, 0) is 60.4 Å². The molecule has 5 heteroatoms. The molecule has 0 N–H and O–H groups in total. The Morgan fingerprint density at radius 3 is 2.91 bits per heavy atom. The van der Waals surface area contributed by atoms with Crippen molar-refractivity contribution in [3.8, 4) is 5.75 Å². The lowest BCUT2D eigenvalue weighted by atomic mass is 10.2. The van der Waals surface area contributed by atoms with Crippen molar-refractivity contribution in [2.24, 2.45) is 0 Å². The first-order valence-electron chi connectivity index (χ1n) is 7.37. The van der Waals surface area contributed by atoms with E-state index in [-0.39, 0.29) is 5.91 Å². The highest BCUT2D eigenvalue weighted by Gasteiger charge is 2.35. The SMILES string of the molecule is CC(Oc1cccc(Cl)c1)C(=O)N(Cc1ccsc1)C1CC1. The van der Waals surface area contributed by atoms with Crippen molar-refractivity contribution in [2.45, 2.75) is 38.5 Å². The maximum Gasteiger partial charge on any atom is 0.263 e. The summed E-state index contributed by atoms with van der Waals surface area (Å²) in [7, 11) is 0. The Morgan fingerprint density at radius 1 is 1.45 bits per heavy atom. The van der Waals surface area contributed by atoms with Gasteiger partial charge in [-0.2, -0.15) is 11.3 Å². The number of hydrogen-bond donors (Lipinski definition) is 0. The molecule has 1 aliphatic rings. The maximum atomic E-state index is 12.7. The first-order valence-corrected chi connectivity index (χ1v) is 8.69. The van der Waals surface area contributed by atoms with Crippen LogP contribution in [-0.4, -0.2) is 23.0 Å². The fourth-order valence-corrected chi connectivity index (χ4v) is 3.22. The van der Waals surface area contributed by atoms with Crippen molar-refractivity contribution in [3.63, 3.8) is 0 Å². The van der Waals surface area contributed by atoms with Gasteiger partial charge >= 0.3 is 0 Å². The molecule has 1 unspecified atom stereocenters. The van der Waals surface area contributed by atoms with Crippen LogP contribution in [0.1, 0.15) is 25.3 Å². The van der Waals surface area contributed by atoms with Crippen LogP contribution in [0, 0.1) is 0 Å². The molecule has 1 saturated carbocycles. The highest BCUT2D eigenvalue weighted by Crippen LogP contribution is 2.30. The Hall–Kier alpha value is -1.52. The molecule has 1 atom stereocenters. The van der Waals surface area contributed by atoms with Crippen molar-refractivity contribution in [1.29, 1.82) is 0 Å². The molecular weight excluding hydrogens is 318 g/mol. The number of ether oxygens (including phenoxy) is 1. The summed E-state index contributed by atoms with van der Waals surface area (Å²) in [6.07, 6.45) is 1.65. The van der Waals surface area contributed by atoms with E-state index >= 15 is 0 Å². The maximum absolute atomic E-state index is 12.7. The molecule has 2 aromatic rings. The van der Waals surface area contributed by atoms with Crippen LogP contribution in [-0.2, 0) is 11.3 Å². The zero-order chi connectivity index (χ0) is 15.5. The highest BCUT2D eigenvalue weighted by atomic mass is 35.5. The standard InChI is InChI=1S/C17H18ClNO2S/c1-12(21-16-4-2-3-14(18)9-16)17(20)19(15-5-6-15)10-13-7-8-22-11-13/h2-4,7-9,11-12,15H,5-6,10H2,1H3. The number of benzene rings is 1. The van der Waals surface area contributed by atoms with E-state index in [9.17, 15) is 4.79 Å². The second-order valence-corrected chi connectivity index (χ2v) is 6.76. The monoisotopic (exact) mass is 335 g/mol. The molecule has 0 aliphatic heterocycles. The topological polar surface area (TPSA) is 29.5 Å². The average molecular weight is 336 g/mol. The van der Waals surface area contributed by atoms with E-state index in [1.165, 1.54) is 5.56 Å². The van der Waals surface area contributed by atoms with Gasteiger partial charge in [0.2, 0.25) is 0 Å². The van der Waals surface area contributed by atoms with E-state index in [0.29, 0.717) is 23.4 Å². The highest BCUT2D eigenvalue weighted by molar-refractivity contribution is 7.07. The van der Waals surface area contributed by atoms with Crippen molar-refractivity contribution in [3.05, 3.63) is 51.7 Å². The number of carbonyl (C=O) groups is 1. The van der Waals surface area contributed by atoms with Gasteiger partial charge in [0, 0.05) is 17.6 Å². The van der Waals surface area contributed by atoms with E-state index in [1.807, 2.05) is 22.4 Å². The Balaban J connectivity index is 1.67. The molecule has 0 radical (unpaired) electrons. The average Bonchev–Trinajstić information content (AvgIpc) is 3.20. The van der Waals surface area contributed by atoms with Crippen LogP contribution < -0.4 is 4.74 Å². The first kappa shape index (κ1) is 15.4. The van der Waals surface area contributed by atoms with Crippen molar-refractivity contribution in [2.75, 3.05) is 0 Å². The van der Waals surface area contributed by atoms with Gasteiger partial charge in [-0.25, -0.2) is 0 Å². The fourth-order valence-electron chi connectivity index (χ4n) is 2.38. The summed E-state index contributed by atoms with van der Waals surface area (Å²) in [5.74, 6) is 0.660. The van der Waals surface area contributed by atoms with Gasteiger partial charge in [0.25, 0.3) is 5.91 Å². The quantitative estimate of drug-likeness (QED) is 0.785. The minimum atomic E-state index is -0.516. The Labute approximate surface area is 139 Å². The second kappa shape index (κ2) is 6.71. The number of hydrogen-bond acceptors (Lipinski definition) is 3. The first-order chi connectivity index (χ1) is 10.6. The molecule has 1 aromatic carbocycles. The lowest BCUT2D eigenvalue weighted by Gasteiger charge is -2.26. The zero-order valence-corrected chi connectivity index (χ0v) is 13.9. The molecule has 1 heterocycles. The summed E-state index contributed by atoms with van der Waals surface area (Å²) in [5.41, 5.74) is 1.18. The predicted octanol–water partition coefficient (Wildman–Crippen LogP) is 4.36. The van der Waals surface area contributed by atoms with Crippen molar-refractivity contribution in [1.82, 2.24) is 4.90 Å². The predicted molar refractivity (Wildman–Crippen MR) is 89.4 cm³/mol. The molecule has 0 bridgehead atoms. The molecule has 3 rings (SSSR count). The van der Waals surface area contributed by atoms with Gasteiger partial charge in [0.1, 0.15) is 5.75 Å². The molecule has 3 nitrogen and oxygen atoms in total. The number of nitrogens with zero attached hydrogens (tertiary/aromatic N) is 1. The molecular formula is C17H18ClNO2S. The molecule has 0 saturated heterocycles. The summed E-state index contributed by atoms with van der Waals surface area (Å²) in [5, 5.41) is 4.73. The zero-order valence-electron chi connectivity index (χ0n) is 12.4. The number of halogens is 1. The van der Waals surface area contributed by atoms with Crippen LogP contribution in [0.3, 0.4) is 0 Å². The molecule has 1 amide bonds. The van der Waals surface area contributed by atoms with Crippen LogP contribution in [0.15, 0.2) is 41.1 Å². The van der Waals surface area contributed by atoms with Crippen LogP contribution in [0.25, 0.3) is 0 Å². The third-order valence-electron chi connectivity index (χ3n) is 3.66. The van der Waals surface area contributed by atoms with Crippen molar-refractivity contribution < 1.29 is 9.53 Å². The second-order valence-electron chi connectivity index (χ2n) is 5.55. The summed E-state index contributed by atoms with van der Waals surface area (Å²) < 4.78 is 5.76. The van der Waals surface area contributed by atoms with Gasteiger partial charge in [0.15, 0.2) is 6.10 Å². The molecule has 116 valence electrons. The van der Waals surface area contributed by atoms with E-state index in [0.717, 1.165) is 12.8 Å². The third kappa shape index (κ3) is 3.81. The Bertz CT molecular complexity index is 640. The molecule has 1 aliphatic carbocycles. The minimum Gasteiger partial charge on any atom is -0.481 e. The fraction of sp³-hybridized carbons (Fsp3) is 0.353. The van der Waals surface area contributed by atoms with Crippen LogP contribution >= 0.6 is 22.9 Å². The lowest BCUT2D eigenvalue weighted by molar-refractivity contribution is -0.139. The Morgan fingerprint density at radius 2 is 2.27 bits per heavy atom. The van der Waals surface area contributed by atoms with Gasteiger partial charge in [0.05, 0.1) is 0 Å². The minimum absolute atomic E-state index is 0.0358. The van der Waals surface area contributed by atoms with E-state index in [1.54, 1.807) is 30.4 Å². The van der Waals surface area contributed by atoms with E-state index in [4.69, 9.17) is 16.3 Å². The molecule has 1 aromatic heterocycles. The van der Waals surface area contributed by atoms with Gasteiger partial charge in [-0.3, -0.25) is 4.79 Å². The number of amides is 1. The number of rotatable bonds is 6. The van der Waals surface area contributed by atoms with E-state index in [2.05, 4.69) is 11.4 Å². The summed E-state index contributed by atoms with van der Waals surface area (Å²) in [4.78, 5) is 14.7. The van der Waals surface area contributed by atoms with Gasteiger partial charge in [-0.15, -0.1) is 0 Å². The largest absolute Gasteiger partial charge is 0.481 e. The van der Waals surface area contributed by atoms with Crippen LogP contribution in [0.5, 0.6) is 5.75 Å². The summed E-state index contributed by atoms with van der Waals surface area (Å²) >= 11 is 7.61.